The standard InChI is InChI=1S/C11H8ClN3O3S/c1-15-11(13-9(17)10(18)14-15)19-8-3-2-7(12)4-6(8)5-16/h2-5H,1H3,(H,14,18). The Hall–Kier alpha value is -1.86. The van der Waals surface area contributed by atoms with Gasteiger partial charge < -0.3 is 0 Å². The Bertz CT molecular complexity index is 754. The summed E-state index contributed by atoms with van der Waals surface area (Å²) in [6.45, 7) is 0. The van der Waals surface area contributed by atoms with E-state index >= 15 is 0 Å². The maximum absolute atomic E-state index is 11.2. The molecular weight excluding hydrogens is 290 g/mol. The Morgan fingerprint density at radius 2 is 2.16 bits per heavy atom. The van der Waals surface area contributed by atoms with Gasteiger partial charge in [-0.25, -0.2) is 0 Å². The second-order valence-corrected chi connectivity index (χ2v) is 5.05. The molecule has 1 N–H and O–H groups in total. The molecule has 0 unspecified atom stereocenters. The molecule has 1 heterocycles. The van der Waals surface area contributed by atoms with Crippen molar-refractivity contribution in [3.8, 4) is 0 Å². The first-order valence-corrected chi connectivity index (χ1v) is 6.30. The molecule has 0 aliphatic carbocycles. The molecule has 0 saturated carbocycles. The second kappa shape index (κ2) is 5.41. The highest BCUT2D eigenvalue weighted by atomic mass is 35.5. The zero-order valence-corrected chi connectivity index (χ0v) is 11.3. The smallest absolute Gasteiger partial charge is 0.298 e. The molecule has 1 aromatic heterocycles. The van der Waals surface area contributed by atoms with Gasteiger partial charge in [-0.2, -0.15) is 4.98 Å². The number of halogens is 1. The molecule has 6 nitrogen and oxygen atoms in total. The molecule has 0 aliphatic heterocycles. The highest BCUT2D eigenvalue weighted by molar-refractivity contribution is 7.99. The minimum Gasteiger partial charge on any atom is -0.298 e. The molecule has 2 rings (SSSR count). The monoisotopic (exact) mass is 297 g/mol. The van der Waals surface area contributed by atoms with Crippen molar-refractivity contribution in [3.63, 3.8) is 0 Å². The van der Waals surface area contributed by atoms with Crippen LogP contribution in [0.3, 0.4) is 0 Å². The Kier molecular flexibility index (Phi) is 3.87. The van der Waals surface area contributed by atoms with Crippen LogP contribution in [0.15, 0.2) is 37.8 Å². The summed E-state index contributed by atoms with van der Waals surface area (Å²) in [7, 11) is 1.55. The van der Waals surface area contributed by atoms with Crippen molar-refractivity contribution in [2.45, 2.75) is 10.1 Å². The van der Waals surface area contributed by atoms with Crippen LogP contribution in [-0.2, 0) is 7.05 Å². The Morgan fingerprint density at radius 3 is 2.84 bits per heavy atom. The molecule has 2 aromatic rings. The quantitative estimate of drug-likeness (QED) is 0.677. The number of nitrogens with zero attached hydrogens (tertiary/aromatic N) is 2. The average Bonchev–Trinajstić information content (AvgIpc) is 2.37. The maximum atomic E-state index is 11.2. The third-order valence-electron chi connectivity index (χ3n) is 2.25. The summed E-state index contributed by atoms with van der Waals surface area (Å²) < 4.78 is 1.32. The van der Waals surface area contributed by atoms with Crippen LogP contribution in [0.4, 0.5) is 0 Å². The first kappa shape index (κ1) is 13.6. The Balaban J connectivity index is 2.47. The maximum Gasteiger partial charge on any atom is 0.339 e. The fourth-order valence-corrected chi connectivity index (χ4v) is 2.40. The highest BCUT2D eigenvalue weighted by Gasteiger charge is 2.09. The van der Waals surface area contributed by atoms with E-state index < -0.39 is 11.1 Å². The van der Waals surface area contributed by atoms with Crippen molar-refractivity contribution in [1.82, 2.24) is 14.8 Å². The third kappa shape index (κ3) is 2.94. The van der Waals surface area contributed by atoms with Gasteiger partial charge >= 0.3 is 11.1 Å². The van der Waals surface area contributed by atoms with Gasteiger partial charge in [0.25, 0.3) is 0 Å². The number of carbonyl (C=O) groups excluding carboxylic acids is 1. The summed E-state index contributed by atoms with van der Waals surface area (Å²) >= 11 is 6.88. The highest BCUT2D eigenvalue weighted by Crippen LogP contribution is 2.28. The minimum absolute atomic E-state index is 0.273. The number of rotatable bonds is 3. The first-order valence-electron chi connectivity index (χ1n) is 5.11. The average molecular weight is 298 g/mol. The number of aromatic amines is 1. The molecule has 1 aromatic carbocycles. The van der Waals surface area contributed by atoms with Crippen molar-refractivity contribution in [1.29, 1.82) is 0 Å². The number of hydrogen-bond donors (Lipinski definition) is 1. The van der Waals surface area contributed by atoms with Gasteiger partial charge in [0.1, 0.15) is 0 Å². The van der Waals surface area contributed by atoms with Gasteiger partial charge in [0.2, 0.25) is 0 Å². The van der Waals surface area contributed by atoms with Crippen LogP contribution in [0.2, 0.25) is 5.02 Å². The molecule has 0 bridgehead atoms. The summed E-state index contributed by atoms with van der Waals surface area (Å²) in [5.41, 5.74) is -1.28. The van der Waals surface area contributed by atoms with Gasteiger partial charge in [-0.05, 0) is 30.0 Å². The second-order valence-electron chi connectivity index (χ2n) is 3.60. The van der Waals surface area contributed by atoms with Crippen LogP contribution in [0, 0.1) is 0 Å². The molecule has 8 heteroatoms. The van der Waals surface area contributed by atoms with Crippen molar-refractivity contribution in [2.24, 2.45) is 7.05 Å². The van der Waals surface area contributed by atoms with E-state index in [9.17, 15) is 14.4 Å². The largest absolute Gasteiger partial charge is 0.339 e. The van der Waals surface area contributed by atoms with E-state index in [2.05, 4.69) is 10.1 Å². The van der Waals surface area contributed by atoms with Crippen molar-refractivity contribution in [3.05, 3.63) is 49.5 Å². The molecule has 0 amide bonds. The number of carbonyl (C=O) groups is 1. The van der Waals surface area contributed by atoms with Gasteiger partial charge in [-0.1, -0.05) is 11.6 Å². The first-order chi connectivity index (χ1) is 9.01. The van der Waals surface area contributed by atoms with E-state index in [0.717, 1.165) is 11.8 Å². The summed E-state index contributed by atoms with van der Waals surface area (Å²) in [5.74, 6) is 0. The van der Waals surface area contributed by atoms with E-state index in [4.69, 9.17) is 11.6 Å². The van der Waals surface area contributed by atoms with E-state index in [1.54, 1.807) is 19.2 Å². The predicted octanol–water partition coefficient (Wildman–Crippen LogP) is 1.09. The summed E-state index contributed by atoms with van der Waals surface area (Å²) in [5, 5.41) is 3.04. The molecule has 0 atom stereocenters. The zero-order chi connectivity index (χ0) is 14.0. The van der Waals surface area contributed by atoms with Crippen LogP contribution in [-0.4, -0.2) is 21.1 Å². The van der Waals surface area contributed by atoms with E-state index in [1.165, 1.54) is 10.7 Å². The lowest BCUT2D eigenvalue weighted by Gasteiger charge is -2.07. The van der Waals surface area contributed by atoms with Gasteiger partial charge in [0.05, 0.1) is 0 Å². The number of nitrogens with one attached hydrogen (secondary N) is 1. The molecule has 0 radical (unpaired) electrons. The van der Waals surface area contributed by atoms with E-state index in [-0.39, 0.29) is 5.16 Å². The van der Waals surface area contributed by atoms with Crippen LogP contribution < -0.4 is 11.1 Å². The van der Waals surface area contributed by atoms with Crippen LogP contribution in [0.25, 0.3) is 0 Å². The molecule has 98 valence electrons. The fraction of sp³-hybridized carbons (Fsp3) is 0.0909. The van der Waals surface area contributed by atoms with Gasteiger partial charge in [-0.15, -0.1) is 0 Å². The van der Waals surface area contributed by atoms with Gasteiger partial charge in [-0.3, -0.25) is 24.2 Å². The van der Waals surface area contributed by atoms with Crippen molar-refractivity contribution >= 4 is 29.6 Å². The fourth-order valence-electron chi connectivity index (χ4n) is 1.35. The number of aryl methyl sites for hydroxylation is 1. The molecule has 19 heavy (non-hydrogen) atoms. The number of H-pyrrole nitrogens is 1. The minimum atomic E-state index is -0.873. The molecule has 0 fully saturated rings. The SMILES string of the molecule is Cn1[nH]c(=O)c(=O)nc1Sc1ccc(Cl)cc1C=O. The van der Waals surface area contributed by atoms with E-state index in [0.29, 0.717) is 21.8 Å². The molecule has 0 spiro atoms. The summed E-state index contributed by atoms with van der Waals surface area (Å²) in [6.07, 6.45) is 0.665. The molecular formula is C11H8ClN3O3S. The lowest BCUT2D eigenvalue weighted by atomic mass is 10.2. The van der Waals surface area contributed by atoms with Gasteiger partial charge in [0.15, 0.2) is 11.4 Å². The number of aromatic nitrogens is 3. The van der Waals surface area contributed by atoms with Crippen LogP contribution in [0.1, 0.15) is 10.4 Å². The predicted molar refractivity (Wildman–Crippen MR) is 71.1 cm³/mol. The van der Waals surface area contributed by atoms with Crippen LogP contribution in [0.5, 0.6) is 0 Å². The molecule has 0 saturated heterocycles. The Morgan fingerprint density at radius 1 is 1.42 bits per heavy atom. The Labute approximate surface area is 116 Å². The van der Waals surface area contributed by atoms with Crippen molar-refractivity contribution < 1.29 is 4.79 Å². The lowest BCUT2D eigenvalue weighted by molar-refractivity contribution is 0.112. The normalized spacial score (nSPS) is 10.4. The summed E-state index contributed by atoms with van der Waals surface area (Å²) in [4.78, 5) is 37.5. The lowest BCUT2D eigenvalue weighted by Crippen LogP contribution is -2.33. The van der Waals surface area contributed by atoms with Crippen molar-refractivity contribution in [2.75, 3.05) is 0 Å². The van der Waals surface area contributed by atoms with Crippen LogP contribution >= 0.6 is 23.4 Å². The van der Waals surface area contributed by atoms with E-state index in [1.807, 2.05) is 0 Å². The number of hydrogen-bond acceptors (Lipinski definition) is 5. The van der Waals surface area contributed by atoms with Gasteiger partial charge in [0, 0.05) is 22.5 Å². The topological polar surface area (TPSA) is 84.8 Å². The zero-order valence-electron chi connectivity index (χ0n) is 9.71. The number of aldehydes is 1. The number of benzene rings is 1. The molecule has 0 aliphatic rings. The third-order valence-corrected chi connectivity index (χ3v) is 3.62. The summed E-state index contributed by atoms with van der Waals surface area (Å²) in [6, 6.07) is 4.79.